The Hall–Kier alpha value is -1.26. The summed E-state index contributed by atoms with van der Waals surface area (Å²) in [6, 6.07) is 6.20. The molecule has 1 saturated heterocycles. The second-order valence-corrected chi connectivity index (χ2v) is 5.22. The molecule has 1 aromatic rings. The van der Waals surface area contributed by atoms with Crippen LogP contribution in [0.15, 0.2) is 18.2 Å². The lowest BCUT2D eigenvalue weighted by molar-refractivity contribution is 0.0696. The molecule has 5 heteroatoms. The zero-order valence-electron chi connectivity index (χ0n) is 11.5. The van der Waals surface area contributed by atoms with Gasteiger partial charge in [-0.3, -0.25) is 4.79 Å². The number of fused-ring (bicyclic) bond motifs is 1. The molecule has 0 bridgehead atoms. The molecule has 1 fully saturated rings. The van der Waals surface area contributed by atoms with Gasteiger partial charge in [-0.1, -0.05) is 6.07 Å². The van der Waals surface area contributed by atoms with Crippen molar-refractivity contribution in [3.63, 3.8) is 0 Å². The first kappa shape index (κ1) is 15.1. The number of carbonyl (C=O) groups excluding carboxylic acids is 1. The van der Waals surface area contributed by atoms with E-state index in [-0.39, 0.29) is 24.4 Å². The Bertz CT molecular complexity index is 473. The Morgan fingerprint density at radius 1 is 1.30 bits per heavy atom. The van der Waals surface area contributed by atoms with Crippen LogP contribution >= 0.6 is 12.4 Å². The summed E-state index contributed by atoms with van der Waals surface area (Å²) in [6.45, 7) is 2.50. The average molecular weight is 297 g/mol. The molecular weight excluding hydrogens is 276 g/mol. The Morgan fingerprint density at radius 2 is 2.10 bits per heavy atom. The molecule has 0 spiro atoms. The van der Waals surface area contributed by atoms with Crippen molar-refractivity contribution in [1.82, 2.24) is 5.32 Å². The van der Waals surface area contributed by atoms with Crippen molar-refractivity contribution >= 4 is 24.0 Å². The van der Waals surface area contributed by atoms with Gasteiger partial charge in [-0.05, 0) is 43.4 Å². The molecule has 2 aliphatic heterocycles. The SMILES string of the molecule is Cl.O=C(NC1CCOCC1)c1cccc2c1CCCN2. The third-order valence-electron chi connectivity index (χ3n) is 3.90. The van der Waals surface area contributed by atoms with E-state index in [9.17, 15) is 4.79 Å². The number of halogens is 1. The predicted octanol–water partition coefficient (Wildman–Crippen LogP) is 2.38. The highest BCUT2D eigenvalue weighted by Crippen LogP contribution is 2.25. The van der Waals surface area contributed by atoms with Gasteiger partial charge >= 0.3 is 0 Å². The van der Waals surface area contributed by atoms with Crippen LogP contribution in [0.25, 0.3) is 0 Å². The normalized spacial score (nSPS) is 18.4. The van der Waals surface area contributed by atoms with Crippen LogP contribution in [0.2, 0.25) is 0 Å². The topological polar surface area (TPSA) is 50.4 Å². The van der Waals surface area contributed by atoms with Crippen LogP contribution in [-0.4, -0.2) is 31.7 Å². The lowest BCUT2D eigenvalue weighted by Gasteiger charge is -2.25. The fraction of sp³-hybridized carbons (Fsp3) is 0.533. The first-order chi connectivity index (χ1) is 9.34. The Morgan fingerprint density at radius 3 is 2.90 bits per heavy atom. The molecular formula is C15H21ClN2O2. The lowest BCUT2D eigenvalue weighted by Crippen LogP contribution is -2.39. The molecule has 20 heavy (non-hydrogen) atoms. The van der Waals surface area contributed by atoms with Gasteiger partial charge in [0.2, 0.25) is 0 Å². The fourth-order valence-corrected chi connectivity index (χ4v) is 2.83. The average Bonchev–Trinajstić information content (AvgIpc) is 2.47. The van der Waals surface area contributed by atoms with Crippen molar-refractivity contribution in [2.45, 2.75) is 31.7 Å². The summed E-state index contributed by atoms with van der Waals surface area (Å²) in [5.41, 5.74) is 3.11. The molecule has 0 atom stereocenters. The van der Waals surface area contributed by atoms with E-state index in [1.165, 1.54) is 5.56 Å². The molecule has 2 N–H and O–H groups in total. The molecule has 110 valence electrons. The number of anilines is 1. The number of nitrogens with one attached hydrogen (secondary N) is 2. The summed E-state index contributed by atoms with van der Waals surface area (Å²) >= 11 is 0. The van der Waals surface area contributed by atoms with E-state index < -0.39 is 0 Å². The van der Waals surface area contributed by atoms with Crippen LogP contribution in [0.5, 0.6) is 0 Å². The quantitative estimate of drug-likeness (QED) is 0.881. The predicted molar refractivity (Wildman–Crippen MR) is 81.8 cm³/mol. The van der Waals surface area contributed by atoms with E-state index >= 15 is 0 Å². The number of rotatable bonds is 2. The third-order valence-corrected chi connectivity index (χ3v) is 3.90. The minimum atomic E-state index is 0. The van der Waals surface area contributed by atoms with E-state index in [0.29, 0.717) is 0 Å². The molecule has 0 aliphatic carbocycles. The van der Waals surface area contributed by atoms with Crippen molar-refractivity contribution in [2.24, 2.45) is 0 Å². The van der Waals surface area contributed by atoms with Crippen molar-refractivity contribution in [3.8, 4) is 0 Å². The van der Waals surface area contributed by atoms with Crippen molar-refractivity contribution < 1.29 is 9.53 Å². The number of hydrogen-bond acceptors (Lipinski definition) is 3. The second-order valence-electron chi connectivity index (χ2n) is 5.22. The monoisotopic (exact) mass is 296 g/mol. The lowest BCUT2D eigenvalue weighted by atomic mass is 9.96. The van der Waals surface area contributed by atoms with Crippen LogP contribution in [0.3, 0.4) is 0 Å². The Balaban J connectivity index is 0.00000147. The standard InChI is InChI=1S/C15H20N2O2.ClH/c18-15(17-11-6-9-19-10-7-11)13-3-1-5-14-12(13)4-2-8-16-14;/h1,3,5,11,16H,2,4,6-10H2,(H,17,18);1H. The Labute approximate surface area is 125 Å². The molecule has 4 nitrogen and oxygen atoms in total. The van der Waals surface area contributed by atoms with Gasteiger partial charge in [0.25, 0.3) is 5.91 Å². The van der Waals surface area contributed by atoms with Gasteiger partial charge in [-0.2, -0.15) is 0 Å². The zero-order chi connectivity index (χ0) is 13.1. The van der Waals surface area contributed by atoms with Gasteiger partial charge in [-0.15, -0.1) is 12.4 Å². The van der Waals surface area contributed by atoms with E-state index in [0.717, 1.165) is 56.7 Å². The summed E-state index contributed by atoms with van der Waals surface area (Å²) in [5, 5.41) is 6.50. The molecule has 1 aromatic carbocycles. The van der Waals surface area contributed by atoms with Gasteiger partial charge in [0, 0.05) is 37.1 Å². The highest BCUT2D eigenvalue weighted by atomic mass is 35.5. The molecule has 0 saturated carbocycles. The van der Waals surface area contributed by atoms with Gasteiger partial charge in [0.1, 0.15) is 0 Å². The minimum Gasteiger partial charge on any atom is -0.385 e. The highest BCUT2D eigenvalue weighted by molar-refractivity contribution is 5.97. The number of carbonyl (C=O) groups is 1. The van der Waals surface area contributed by atoms with E-state index in [1.807, 2.05) is 12.1 Å². The van der Waals surface area contributed by atoms with Crippen molar-refractivity contribution in [1.29, 1.82) is 0 Å². The largest absolute Gasteiger partial charge is 0.385 e. The van der Waals surface area contributed by atoms with Crippen LogP contribution in [-0.2, 0) is 11.2 Å². The van der Waals surface area contributed by atoms with Gasteiger partial charge in [-0.25, -0.2) is 0 Å². The summed E-state index contributed by atoms with van der Waals surface area (Å²) in [4.78, 5) is 12.4. The second kappa shape index (κ2) is 6.95. The van der Waals surface area contributed by atoms with E-state index in [2.05, 4.69) is 16.7 Å². The number of benzene rings is 1. The number of amides is 1. The minimum absolute atomic E-state index is 0. The van der Waals surface area contributed by atoms with Crippen LogP contribution in [0, 0.1) is 0 Å². The highest BCUT2D eigenvalue weighted by Gasteiger charge is 2.21. The van der Waals surface area contributed by atoms with Crippen LogP contribution in [0.4, 0.5) is 5.69 Å². The molecule has 1 amide bonds. The smallest absolute Gasteiger partial charge is 0.251 e. The van der Waals surface area contributed by atoms with Gasteiger partial charge < -0.3 is 15.4 Å². The maximum Gasteiger partial charge on any atom is 0.251 e. The third kappa shape index (κ3) is 3.25. The first-order valence-corrected chi connectivity index (χ1v) is 7.09. The fourth-order valence-electron chi connectivity index (χ4n) is 2.83. The molecule has 3 rings (SSSR count). The van der Waals surface area contributed by atoms with Crippen molar-refractivity contribution in [2.75, 3.05) is 25.1 Å². The maximum absolute atomic E-state index is 12.4. The molecule has 0 unspecified atom stereocenters. The van der Waals surface area contributed by atoms with Crippen LogP contribution in [0.1, 0.15) is 35.2 Å². The maximum atomic E-state index is 12.4. The summed E-state index contributed by atoms with van der Waals surface area (Å²) in [6.07, 6.45) is 3.91. The zero-order valence-corrected chi connectivity index (χ0v) is 12.3. The van der Waals surface area contributed by atoms with E-state index in [4.69, 9.17) is 4.74 Å². The molecule has 2 aliphatic rings. The molecule has 2 heterocycles. The van der Waals surface area contributed by atoms with Crippen LogP contribution < -0.4 is 10.6 Å². The molecule has 0 aromatic heterocycles. The summed E-state index contributed by atoms with van der Waals surface area (Å²) < 4.78 is 5.32. The summed E-state index contributed by atoms with van der Waals surface area (Å²) in [5.74, 6) is 0.0625. The summed E-state index contributed by atoms with van der Waals surface area (Å²) in [7, 11) is 0. The molecule has 0 radical (unpaired) electrons. The number of ether oxygens (including phenoxy) is 1. The number of hydrogen-bond donors (Lipinski definition) is 2. The van der Waals surface area contributed by atoms with Crippen molar-refractivity contribution in [3.05, 3.63) is 29.3 Å². The Kier molecular flexibility index (Phi) is 5.26. The van der Waals surface area contributed by atoms with Gasteiger partial charge in [0.05, 0.1) is 0 Å². The first-order valence-electron chi connectivity index (χ1n) is 7.09. The van der Waals surface area contributed by atoms with Gasteiger partial charge in [0.15, 0.2) is 0 Å². The van der Waals surface area contributed by atoms with E-state index in [1.54, 1.807) is 0 Å².